The van der Waals surface area contributed by atoms with Crippen molar-refractivity contribution in [3.8, 4) is 0 Å². The largest absolute Gasteiger partial charge is 0.344 e. The lowest BCUT2D eigenvalue weighted by Crippen LogP contribution is -2.22. The molecule has 11 heteroatoms. The lowest BCUT2D eigenvalue weighted by molar-refractivity contribution is 0.521. The molecule has 0 radical (unpaired) electrons. The summed E-state index contributed by atoms with van der Waals surface area (Å²) >= 11 is 1.46. The molecule has 28 heavy (non-hydrogen) atoms. The predicted octanol–water partition coefficient (Wildman–Crippen LogP) is 1.82. The number of H-pyrrole nitrogens is 1. The summed E-state index contributed by atoms with van der Waals surface area (Å²) in [5, 5.41) is 7.32. The van der Waals surface area contributed by atoms with E-state index in [0.717, 1.165) is 24.2 Å². The van der Waals surface area contributed by atoms with Crippen LogP contribution < -0.4 is 5.69 Å². The maximum Gasteiger partial charge on any atom is 0.344 e. The molecule has 1 fully saturated rings. The molecule has 3 aromatic rings. The number of sulfonamides is 1. The number of hydrogen-bond acceptors (Lipinski definition) is 6. The predicted molar refractivity (Wildman–Crippen MR) is 107 cm³/mol. The van der Waals surface area contributed by atoms with Crippen LogP contribution in [0.1, 0.15) is 31.6 Å². The van der Waals surface area contributed by atoms with Gasteiger partial charge in [0.2, 0.25) is 10.0 Å². The number of thioether (sulfide) groups is 1. The van der Waals surface area contributed by atoms with Crippen molar-refractivity contribution in [1.82, 2.24) is 28.6 Å². The quantitative estimate of drug-likeness (QED) is 0.582. The van der Waals surface area contributed by atoms with Gasteiger partial charge in [0.15, 0.2) is 5.16 Å². The normalized spacial score (nSPS) is 15.0. The molecule has 2 heterocycles. The minimum Gasteiger partial charge on any atom is -0.328 e. The topological polar surface area (TPSA) is 106 Å². The Bertz CT molecular complexity index is 1190. The zero-order valence-corrected chi connectivity index (χ0v) is 17.5. The van der Waals surface area contributed by atoms with Crippen LogP contribution in [0, 0.1) is 0 Å². The number of benzene rings is 1. The summed E-state index contributed by atoms with van der Waals surface area (Å²) in [5.41, 5.74) is 1.35. The van der Waals surface area contributed by atoms with E-state index in [1.807, 2.05) is 6.92 Å². The lowest BCUT2D eigenvalue weighted by atomic mass is 10.3. The number of hydrogen-bond donors (Lipinski definition) is 1. The van der Waals surface area contributed by atoms with E-state index >= 15 is 0 Å². The van der Waals surface area contributed by atoms with Gasteiger partial charge in [0.05, 0.1) is 21.7 Å². The number of rotatable bonds is 7. The van der Waals surface area contributed by atoms with Crippen LogP contribution in [0.2, 0.25) is 0 Å². The Morgan fingerprint density at radius 3 is 2.71 bits per heavy atom. The molecule has 0 amide bonds. The van der Waals surface area contributed by atoms with Crippen molar-refractivity contribution in [3.63, 3.8) is 0 Å². The van der Waals surface area contributed by atoms with Crippen molar-refractivity contribution in [2.24, 2.45) is 0 Å². The molecule has 1 aromatic carbocycles. The second kappa shape index (κ2) is 7.05. The fraction of sp³-hybridized carbons (Fsp3) is 0.471. The van der Waals surface area contributed by atoms with E-state index in [9.17, 15) is 13.2 Å². The maximum atomic E-state index is 12.4. The van der Waals surface area contributed by atoms with E-state index in [2.05, 4.69) is 19.7 Å². The molecule has 0 aliphatic heterocycles. The molecule has 0 atom stereocenters. The average Bonchev–Trinajstić information content (AvgIpc) is 3.33. The first-order valence-electron chi connectivity index (χ1n) is 9.04. The average molecular weight is 423 g/mol. The Balaban J connectivity index is 1.66. The van der Waals surface area contributed by atoms with Gasteiger partial charge in [-0.05, 0) is 38.0 Å². The van der Waals surface area contributed by atoms with Crippen molar-refractivity contribution in [2.75, 3.05) is 14.1 Å². The number of aryl methyl sites for hydroxylation is 1. The number of aromatic amines is 1. The highest BCUT2D eigenvalue weighted by molar-refractivity contribution is 7.98. The Labute approximate surface area is 166 Å². The van der Waals surface area contributed by atoms with Gasteiger partial charge in [-0.15, -0.1) is 5.10 Å². The number of nitrogens with one attached hydrogen (secondary N) is 1. The van der Waals surface area contributed by atoms with Crippen molar-refractivity contribution in [1.29, 1.82) is 0 Å². The lowest BCUT2D eigenvalue weighted by Gasteiger charge is -2.11. The molecule has 0 bridgehead atoms. The van der Waals surface area contributed by atoms with Crippen molar-refractivity contribution in [3.05, 3.63) is 34.5 Å². The van der Waals surface area contributed by atoms with Gasteiger partial charge in [0.1, 0.15) is 5.82 Å². The van der Waals surface area contributed by atoms with E-state index < -0.39 is 10.0 Å². The molecule has 0 saturated heterocycles. The molecular formula is C17H22N6O3S2. The van der Waals surface area contributed by atoms with Crippen LogP contribution in [0.15, 0.2) is 33.0 Å². The third-order valence-electron chi connectivity index (χ3n) is 4.81. The summed E-state index contributed by atoms with van der Waals surface area (Å²) in [6.45, 7) is 2.73. The summed E-state index contributed by atoms with van der Waals surface area (Å²) in [6.07, 6.45) is 2.01. The van der Waals surface area contributed by atoms with Crippen LogP contribution >= 0.6 is 11.8 Å². The monoisotopic (exact) mass is 422 g/mol. The third kappa shape index (κ3) is 3.27. The molecular weight excluding hydrogens is 400 g/mol. The Morgan fingerprint density at radius 1 is 1.32 bits per heavy atom. The molecule has 9 nitrogen and oxygen atoms in total. The van der Waals surface area contributed by atoms with Crippen LogP contribution in [0.4, 0.5) is 0 Å². The number of fused-ring (bicyclic) bond motifs is 1. The van der Waals surface area contributed by atoms with Gasteiger partial charge in [-0.2, -0.15) is 0 Å². The smallest absolute Gasteiger partial charge is 0.328 e. The van der Waals surface area contributed by atoms with Crippen molar-refractivity contribution in [2.45, 2.75) is 48.2 Å². The molecule has 1 aliphatic carbocycles. The summed E-state index contributed by atoms with van der Waals surface area (Å²) in [7, 11) is -0.494. The van der Waals surface area contributed by atoms with E-state index in [4.69, 9.17) is 0 Å². The number of imidazole rings is 1. The summed E-state index contributed by atoms with van der Waals surface area (Å²) in [4.78, 5) is 16.8. The number of aromatic nitrogens is 5. The summed E-state index contributed by atoms with van der Waals surface area (Å²) in [5.74, 6) is 1.36. The van der Waals surface area contributed by atoms with Crippen LogP contribution in [0.25, 0.3) is 11.0 Å². The highest BCUT2D eigenvalue weighted by atomic mass is 32.2. The molecule has 4 rings (SSSR count). The van der Waals surface area contributed by atoms with Crippen LogP contribution in [-0.2, 0) is 22.3 Å². The number of nitrogens with zero attached hydrogens (tertiary/aromatic N) is 5. The van der Waals surface area contributed by atoms with Crippen LogP contribution in [-0.4, -0.2) is 51.1 Å². The first kappa shape index (κ1) is 19.2. The van der Waals surface area contributed by atoms with Gasteiger partial charge in [0.25, 0.3) is 0 Å². The van der Waals surface area contributed by atoms with E-state index in [1.165, 1.54) is 30.2 Å². The SMILES string of the molecule is CCn1c(CSc2n[nH]c(=O)n2C2CC2)nc2cc(S(=O)(=O)N(C)C)ccc21. The fourth-order valence-corrected chi connectivity index (χ4v) is 5.05. The highest BCUT2D eigenvalue weighted by Crippen LogP contribution is 2.36. The van der Waals surface area contributed by atoms with E-state index in [0.29, 0.717) is 23.0 Å². The standard InChI is InChI=1S/C17H22N6O3S2/c1-4-22-14-8-7-12(28(25,26)21(2)3)9-13(14)18-15(22)10-27-17-20-19-16(24)23(17)11-5-6-11/h7-9,11H,4-6,10H2,1-3H3,(H,19,24). The molecule has 1 saturated carbocycles. The molecule has 0 unspecified atom stereocenters. The maximum absolute atomic E-state index is 12.4. The second-order valence-electron chi connectivity index (χ2n) is 6.91. The summed E-state index contributed by atoms with van der Waals surface area (Å²) < 4.78 is 29.8. The van der Waals surface area contributed by atoms with Gasteiger partial charge < -0.3 is 4.57 Å². The first-order chi connectivity index (χ1) is 13.3. The van der Waals surface area contributed by atoms with Gasteiger partial charge in [-0.25, -0.2) is 27.6 Å². The van der Waals surface area contributed by atoms with Gasteiger partial charge in [-0.3, -0.25) is 4.57 Å². The van der Waals surface area contributed by atoms with Crippen molar-refractivity contribution < 1.29 is 8.42 Å². The van der Waals surface area contributed by atoms with Crippen LogP contribution in [0.5, 0.6) is 0 Å². The zero-order chi connectivity index (χ0) is 20.1. The molecule has 0 spiro atoms. The fourth-order valence-electron chi connectivity index (χ4n) is 3.17. The van der Waals surface area contributed by atoms with Gasteiger partial charge in [0, 0.05) is 26.7 Å². The Hall–Kier alpha value is -2.11. The van der Waals surface area contributed by atoms with E-state index in [-0.39, 0.29) is 16.6 Å². The molecule has 150 valence electrons. The molecule has 1 aliphatic rings. The third-order valence-corrected chi connectivity index (χ3v) is 7.57. The van der Waals surface area contributed by atoms with Gasteiger partial charge >= 0.3 is 5.69 Å². The molecule has 2 aromatic heterocycles. The molecule has 1 N–H and O–H groups in total. The summed E-state index contributed by atoms with van der Waals surface area (Å²) in [6, 6.07) is 5.27. The van der Waals surface area contributed by atoms with Crippen molar-refractivity contribution >= 4 is 32.8 Å². The minimum absolute atomic E-state index is 0.174. The minimum atomic E-state index is -3.51. The van der Waals surface area contributed by atoms with Gasteiger partial charge in [-0.1, -0.05) is 11.8 Å². The highest BCUT2D eigenvalue weighted by Gasteiger charge is 2.28. The Morgan fingerprint density at radius 2 is 2.07 bits per heavy atom. The van der Waals surface area contributed by atoms with E-state index in [1.54, 1.807) is 22.8 Å². The first-order valence-corrected chi connectivity index (χ1v) is 11.5. The van der Waals surface area contributed by atoms with Crippen LogP contribution in [0.3, 0.4) is 0 Å². The zero-order valence-electron chi connectivity index (χ0n) is 15.9. The second-order valence-corrected chi connectivity index (χ2v) is 10.0. The Kier molecular flexibility index (Phi) is 4.84.